The van der Waals surface area contributed by atoms with Crippen LogP contribution in [0.4, 0.5) is 5.69 Å². The summed E-state index contributed by atoms with van der Waals surface area (Å²) in [5, 5.41) is 14.9. The number of anilines is 1. The molecular formula is C36H54N4O6. The van der Waals surface area contributed by atoms with Crippen LogP contribution in [-0.4, -0.2) is 84.4 Å². The fourth-order valence-electron chi connectivity index (χ4n) is 8.22. The number of aromatic nitrogens is 1. The van der Waals surface area contributed by atoms with Gasteiger partial charge in [-0.2, -0.15) is 0 Å². The van der Waals surface area contributed by atoms with E-state index in [9.17, 15) is 9.90 Å². The van der Waals surface area contributed by atoms with Crippen LogP contribution in [0, 0.1) is 19.8 Å². The van der Waals surface area contributed by atoms with E-state index in [0.717, 1.165) is 80.2 Å². The number of ether oxygens (including phenoxy) is 4. The average molecular weight is 639 g/mol. The number of pyridine rings is 1. The Balaban J connectivity index is 1.25. The van der Waals surface area contributed by atoms with Gasteiger partial charge in [-0.25, -0.2) is 0 Å². The van der Waals surface area contributed by atoms with Crippen molar-refractivity contribution in [2.75, 3.05) is 38.3 Å². The smallest absolute Gasteiger partial charge is 0.258 e. The topological polar surface area (TPSA) is 97.7 Å². The van der Waals surface area contributed by atoms with Gasteiger partial charge in [0.05, 0.1) is 37.6 Å². The van der Waals surface area contributed by atoms with Gasteiger partial charge in [-0.15, -0.1) is 0 Å². The quantitative estimate of drug-likeness (QED) is 0.351. The van der Waals surface area contributed by atoms with Gasteiger partial charge in [0.25, 0.3) is 5.56 Å². The van der Waals surface area contributed by atoms with Crippen molar-refractivity contribution in [2.24, 2.45) is 13.0 Å². The molecule has 2 N–H and O–H groups in total. The summed E-state index contributed by atoms with van der Waals surface area (Å²) in [5.74, 6) is 1.80. The number of nitrogens with zero attached hydrogens (tertiary/aromatic N) is 3. The van der Waals surface area contributed by atoms with Gasteiger partial charge in [0, 0.05) is 87.1 Å². The monoisotopic (exact) mass is 638 g/mol. The second-order valence-corrected chi connectivity index (χ2v) is 14.1. The molecule has 5 fully saturated rings. The lowest BCUT2D eigenvalue weighted by Gasteiger charge is -2.48. The van der Waals surface area contributed by atoms with Crippen LogP contribution in [0.25, 0.3) is 0 Å². The molecule has 3 saturated heterocycles. The highest BCUT2D eigenvalue weighted by molar-refractivity contribution is 5.61. The zero-order valence-electron chi connectivity index (χ0n) is 28.8. The Morgan fingerprint density at radius 2 is 1.85 bits per heavy atom. The zero-order valence-corrected chi connectivity index (χ0v) is 28.8. The van der Waals surface area contributed by atoms with E-state index in [1.807, 2.05) is 19.1 Å². The van der Waals surface area contributed by atoms with Crippen LogP contribution in [-0.2, 0) is 23.1 Å². The lowest BCUT2D eigenvalue weighted by molar-refractivity contribution is -0.103. The number of rotatable bonds is 11. The Bertz CT molecular complexity index is 1420. The molecule has 1 aromatic carbocycles. The van der Waals surface area contributed by atoms with E-state index in [4.69, 9.17) is 18.9 Å². The molecule has 6 atom stereocenters. The SMILES string of the molecule is CCN(c1cc(OC2CC(N3C[C@@H](C)O[C@@H](C)C3)C2)cc(C(O)NCc2c(OC)cc(C)n(C)c2=O)c1C)C1CC2CC[C@@H]1CO2. The third-order valence-electron chi connectivity index (χ3n) is 11.0. The molecule has 0 spiro atoms. The van der Waals surface area contributed by atoms with Crippen LogP contribution < -0.4 is 25.2 Å². The first kappa shape index (κ1) is 33.3. The van der Waals surface area contributed by atoms with Crippen LogP contribution in [0.2, 0.25) is 0 Å². The van der Waals surface area contributed by atoms with E-state index in [1.165, 1.54) is 6.42 Å². The summed E-state index contributed by atoms with van der Waals surface area (Å²) in [4.78, 5) is 18.2. The van der Waals surface area contributed by atoms with Crippen LogP contribution >= 0.6 is 0 Å². The Labute approximate surface area is 273 Å². The highest BCUT2D eigenvalue weighted by Crippen LogP contribution is 2.42. The van der Waals surface area contributed by atoms with Gasteiger partial charge >= 0.3 is 0 Å². The molecule has 4 heterocycles. The van der Waals surface area contributed by atoms with Gasteiger partial charge < -0.3 is 33.5 Å². The number of fused-ring (bicyclic) bond motifs is 3. The van der Waals surface area contributed by atoms with E-state index in [2.05, 4.69) is 48.9 Å². The molecule has 1 aromatic heterocycles. The molecule has 7 rings (SSSR count). The summed E-state index contributed by atoms with van der Waals surface area (Å²) in [5.41, 5.74) is 4.04. The van der Waals surface area contributed by atoms with Crippen molar-refractivity contribution in [2.45, 2.75) is 116 Å². The number of nitrogens with one attached hydrogen (secondary N) is 1. The fraction of sp³-hybridized carbons (Fsp3) is 0.694. The van der Waals surface area contributed by atoms with Crippen molar-refractivity contribution in [3.63, 3.8) is 0 Å². The van der Waals surface area contributed by atoms with Crippen LogP contribution in [0.1, 0.15) is 81.5 Å². The minimum absolute atomic E-state index is 0.126. The van der Waals surface area contributed by atoms with Crippen LogP contribution in [0.3, 0.4) is 0 Å². The van der Waals surface area contributed by atoms with E-state index in [-0.39, 0.29) is 30.4 Å². The molecule has 46 heavy (non-hydrogen) atoms. The maximum absolute atomic E-state index is 13.1. The maximum atomic E-state index is 13.1. The van der Waals surface area contributed by atoms with Gasteiger partial charge in [0.1, 0.15) is 23.8 Å². The van der Waals surface area contributed by atoms with Gasteiger partial charge in [0.2, 0.25) is 0 Å². The second kappa shape index (κ2) is 13.8. The van der Waals surface area contributed by atoms with Gasteiger partial charge in [-0.3, -0.25) is 15.0 Å². The molecule has 2 saturated carbocycles. The predicted octanol–water partition coefficient (Wildman–Crippen LogP) is 4.20. The molecule has 254 valence electrons. The number of methoxy groups -OCH3 is 1. The normalized spacial score (nSPS) is 30.1. The summed E-state index contributed by atoms with van der Waals surface area (Å²) in [6.45, 7) is 14.3. The Morgan fingerprint density at radius 3 is 2.46 bits per heavy atom. The molecule has 2 bridgehead atoms. The molecule has 2 aliphatic carbocycles. The molecular weight excluding hydrogens is 584 g/mol. The number of hydrogen-bond donors (Lipinski definition) is 2. The lowest BCUT2D eigenvalue weighted by Crippen LogP contribution is -2.56. The van der Waals surface area contributed by atoms with E-state index < -0.39 is 6.23 Å². The Hall–Kier alpha value is -2.63. The number of aliphatic hydroxyl groups excluding tert-OH is 1. The minimum atomic E-state index is -1.01. The van der Waals surface area contributed by atoms with Gasteiger partial charge in [-0.1, -0.05) is 0 Å². The molecule has 10 nitrogen and oxygen atoms in total. The molecule has 3 unspecified atom stereocenters. The minimum Gasteiger partial charge on any atom is -0.496 e. The Kier molecular flexibility index (Phi) is 10.0. The summed E-state index contributed by atoms with van der Waals surface area (Å²) in [6.07, 6.45) is 5.26. The number of morpholine rings is 1. The second-order valence-electron chi connectivity index (χ2n) is 14.1. The van der Waals surface area contributed by atoms with Crippen LogP contribution in [0.5, 0.6) is 11.5 Å². The largest absolute Gasteiger partial charge is 0.496 e. The molecule has 0 amide bonds. The average Bonchev–Trinajstić information content (AvgIpc) is 3.02. The Morgan fingerprint density at radius 1 is 1.11 bits per heavy atom. The standard InChI is InChI=1S/C36H54N4O6/c1-8-40(33-15-27-10-9-25(33)20-44-27)32-16-29(46-28-12-26(13-28)39-18-22(3)45-23(4)19-39)14-30(24(32)5)35(41)37-17-31-34(43-7)11-21(2)38(6)36(31)42/h11,14,16,22-23,25-28,33,35,37,41H,8-10,12-13,15,17-20H2,1-7H3/t22-,23+,25-,26?,27?,28?,33?,35?/m1/s1. The third-order valence-corrected chi connectivity index (χ3v) is 11.0. The van der Waals surface area contributed by atoms with Crippen molar-refractivity contribution in [3.05, 3.63) is 50.9 Å². The number of aliphatic hydroxyl groups is 1. The van der Waals surface area contributed by atoms with Gasteiger partial charge in [-0.05, 0) is 71.6 Å². The van der Waals surface area contributed by atoms with Crippen molar-refractivity contribution in [3.8, 4) is 11.5 Å². The van der Waals surface area contributed by atoms with E-state index in [0.29, 0.717) is 35.4 Å². The van der Waals surface area contributed by atoms with Crippen molar-refractivity contribution in [1.29, 1.82) is 0 Å². The summed E-state index contributed by atoms with van der Waals surface area (Å²) >= 11 is 0. The van der Waals surface area contributed by atoms with Gasteiger partial charge in [0.15, 0.2) is 0 Å². The summed E-state index contributed by atoms with van der Waals surface area (Å²) < 4.78 is 25.9. The predicted molar refractivity (Wildman–Crippen MR) is 179 cm³/mol. The molecule has 3 aliphatic heterocycles. The van der Waals surface area contributed by atoms with Crippen LogP contribution in [0.15, 0.2) is 23.0 Å². The van der Waals surface area contributed by atoms with Crippen molar-refractivity contribution >= 4 is 5.69 Å². The van der Waals surface area contributed by atoms with E-state index in [1.54, 1.807) is 18.7 Å². The zero-order chi connectivity index (χ0) is 32.7. The number of aryl methyl sites for hydroxylation is 1. The number of hydrogen-bond acceptors (Lipinski definition) is 9. The summed E-state index contributed by atoms with van der Waals surface area (Å²) in [6, 6.07) is 6.92. The van der Waals surface area contributed by atoms with Crippen molar-refractivity contribution in [1.82, 2.24) is 14.8 Å². The molecule has 0 radical (unpaired) electrons. The molecule has 5 aliphatic rings. The van der Waals surface area contributed by atoms with Crippen molar-refractivity contribution < 1.29 is 24.1 Å². The lowest BCUT2D eigenvalue weighted by atomic mass is 9.79. The third kappa shape index (κ3) is 6.69. The summed E-state index contributed by atoms with van der Waals surface area (Å²) in [7, 11) is 3.32. The highest BCUT2D eigenvalue weighted by Gasteiger charge is 2.41. The fourth-order valence-corrected chi connectivity index (χ4v) is 8.22. The first-order chi connectivity index (χ1) is 22.1. The number of benzene rings is 1. The molecule has 2 aromatic rings. The highest BCUT2D eigenvalue weighted by atomic mass is 16.5. The maximum Gasteiger partial charge on any atom is 0.258 e. The first-order valence-electron chi connectivity index (χ1n) is 17.3. The van der Waals surface area contributed by atoms with E-state index >= 15 is 0 Å². The first-order valence-corrected chi connectivity index (χ1v) is 17.3. The molecule has 10 heteroatoms.